The summed E-state index contributed by atoms with van der Waals surface area (Å²) in [4.78, 5) is 42.0. The van der Waals surface area contributed by atoms with E-state index in [1.165, 1.54) is 23.8 Å². The van der Waals surface area contributed by atoms with Crippen LogP contribution < -0.4 is 14.9 Å². The minimum Gasteiger partial charge on any atom is -0.460 e. The Labute approximate surface area is 208 Å². The summed E-state index contributed by atoms with van der Waals surface area (Å²) in [6.45, 7) is 1.96. The van der Waals surface area contributed by atoms with Crippen molar-refractivity contribution in [1.29, 1.82) is 0 Å². The summed E-state index contributed by atoms with van der Waals surface area (Å²) < 4.78 is 12.1. The number of ether oxygens (including phenoxy) is 2. The third-order valence-electron chi connectivity index (χ3n) is 5.36. The molecule has 0 bridgehead atoms. The van der Waals surface area contributed by atoms with Gasteiger partial charge in [0.1, 0.15) is 12.6 Å². The van der Waals surface area contributed by atoms with E-state index in [9.17, 15) is 19.7 Å². The molecule has 0 unspecified atom stereocenters. The van der Waals surface area contributed by atoms with Gasteiger partial charge >= 0.3 is 5.97 Å². The number of allylic oxidation sites excluding steroid dienone is 1. The molecule has 4 rings (SSSR count). The molecule has 0 amide bonds. The van der Waals surface area contributed by atoms with E-state index in [1.54, 1.807) is 49.4 Å². The van der Waals surface area contributed by atoms with E-state index in [1.807, 2.05) is 0 Å². The average Bonchev–Trinajstić information content (AvgIpc) is 3.13. The molecule has 3 aromatic rings. The van der Waals surface area contributed by atoms with Crippen molar-refractivity contribution in [2.45, 2.75) is 13.0 Å². The fourth-order valence-electron chi connectivity index (χ4n) is 3.71. The van der Waals surface area contributed by atoms with Gasteiger partial charge in [0.25, 0.3) is 11.2 Å². The van der Waals surface area contributed by atoms with Gasteiger partial charge in [-0.15, -0.1) is 0 Å². The number of rotatable bonds is 7. The van der Waals surface area contributed by atoms with Crippen LogP contribution in [0.15, 0.2) is 69.6 Å². The highest BCUT2D eigenvalue weighted by atomic mass is 35.5. The van der Waals surface area contributed by atoms with Crippen molar-refractivity contribution >= 4 is 40.7 Å². The number of nitrogens with zero attached hydrogens (tertiary/aromatic N) is 3. The number of thiazole rings is 1. The molecule has 0 spiro atoms. The van der Waals surface area contributed by atoms with Crippen molar-refractivity contribution in [2.24, 2.45) is 4.99 Å². The number of nitro benzene ring substituents is 1. The van der Waals surface area contributed by atoms with E-state index in [0.717, 1.165) is 11.3 Å². The van der Waals surface area contributed by atoms with Gasteiger partial charge in [-0.05, 0) is 42.3 Å². The monoisotopic (exact) mass is 513 g/mol. The Morgan fingerprint density at radius 1 is 1.23 bits per heavy atom. The first-order chi connectivity index (χ1) is 16.8. The summed E-state index contributed by atoms with van der Waals surface area (Å²) in [6, 6.07) is 12.0. The molecule has 2 aromatic carbocycles. The lowest BCUT2D eigenvalue weighted by Crippen LogP contribution is -2.40. The van der Waals surface area contributed by atoms with Crippen LogP contribution in [0.2, 0.25) is 5.02 Å². The van der Waals surface area contributed by atoms with E-state index in [0.29, 0.717) is 31.2 Å². The molecule has 0 fully saturated rings. The molecule has 1 atom stereocenters. The lowest BCUT2D eigenvalue weighted by molar-refractivity contribution is -0.384. The van der Waals surface area contributed by atoms with Crippen LogP contribution in [-0.4, -0.2) is 35.8 Å². The molecule has 2 heterocycles. The van der Waals surface area contributed by atoms with Gasteiger partial charge in [-0.2, -0.15) is 0 Å². The molecule has 0 saturated carbocycles. The number of carbonyl (C=O) groups is 1. The fraction of sp³-hybridized carbons (Fsp3) is 0.208. The number of hydrogen-bond acceptors (Lipinski definition) is 8. The smallest absolute Gasteiger partial charge is 0.338 e. The highest BCUT2D eigenvalue weighted by molar-refractivity contribution is 7.07. The molecule has 11 heteroatoms. The average molecular weight is 514 g/mol. The predicted molar refractivity (Wildman–Crippen MR) is 131 cm³/mol. The molecular weight excluding hydrogens is 494 g/mol. The van der Waals surface area contributed by atoms with Crippen molar-refractivity contribution in [2.75, 3.05) is 20.3 Å². The van der Waals surface area contributed by atoms with Crippen LogP contribution in [-0.2, 0) is 14.3 Å². The second-order valence-electron chi connectivity index (χ2n) is 7.58. The standard InChI is InChI=1S/C24H20ClN3O6S/c1-14-20(23(30)34-12-11-33-2)21(17-5-3-4-6-18(17)25)27-22(29)19(35-24(27)26-14)13-15-7-9-16(10-8-15)28(31)32/h3-10,13,21H,11-12H2,1-2H3/b19-13-/t21-/m0/s1. The Kier molecular flexibility index (Phi) is 7.25. The summed E-state index contributed by atoms with van der Waals surface area (Å²) in [5.74, 6) is -0.613. The minimum absolute atomic E-state index is 0.0467. The Hall–Kier alpha value is -3.60. The number of carbonyl (C=O) groups excluding carboxylic acids is 1. The quantitative estimate of drug-likeness (QED) is 0.208. The van der Waals surface area contributed by atoms with E-state index >= 15 is 0 Å². The van der Waals surface area contributed by atoms with Gasteiger partial charge in [0, 0.05) is 24.3 Å². The summed E-state index contributed by atoms with van der Waals surface area (Å²) in [5, 5.41) is 11.3. The van der Waals surface area contributed by atoms with Gasteiger partial charge in [-0.1, -0.05) is 41.1 Å². The molecule has 9 nitrogen and oxygen atoms in total. The summed E-state index contributed by atoms with van der Waals surface area (Å²) >= 11 is 7.65. The van der Waals surface area contributed by atoms with E-state index in [-0.39, 0.29) is 30.0 Å². The SMILES string of the molecule is COCCOC(=O)C1=C(C)N=c2s/c(=C\c3ccc([N+](=O)[O-])cc3)c(=O)n2[C@H]1c1ccccc1Cl. The lowest BCUT2D eigenvalue weighted by Gasteiger charge is -2.25. The number of methoxy groups -OCH3 is 1. The number of non-ortho nitro benzene ring substituents is 1. The minimum atomic E-state index is -0.839. The van der Waals surface area contributed by atoms with Gasteiger partial charge in [-0.25, -0.2) is 9.79 Å². The topological polar surface area (TPSA) is 113 Å². The molecule has 0 saturated heterocycles. The van der Waals surface area contributed by atoms with Crippen molar-refractivity contribution in [1.82, 2.24) is 4.57 Å². The maximum absolute atomic E-state index is 13.6. The van der Waals surface area contributed by atoms with Gasteiger partial charge in [0.05, 0.1) is 27.3 Å². The molecule has 180 valence electrons. The lowest BCUT2D eigenvalue weighted by atomic mass is 9.96. The number of esters is 1. The first-order valence-electron chi connectivity index (χ1n) is 10.5. The maximum Gasteiger partial charge on any atom is 0.338 e. The number of halogens is 1. The fourth-order valence-corrected chi connectivity index (χ4v) is 5.00. The molecular formula is C24H20ClN3O6S. The van der Waals surface area contributed by atoms with Gasteiger partial charge in [0.2, 0.25) is 0 Å². The summed E-state index contributed by atoms with van der Waals surface area (Å²) in [6.07, 6.45) is 1.63. The maximum atomic E-state index is 13.6. The molecule has 1 aliphatic heterocycles. The molecule has 1 aliphatic rings. The molecule has 0 aliphatic carbocycles. The normalized spacial score (nSPS) is 15.5. The highest BCUT2D eigenvalue weighted by Gasteiger charge is 2.34. The van der Waals surface area contributed by atoms with E-state index in [4.69, 9.17) is 21.1 Å². The Bertz CT molecular complexity index is 1510. The van der Waals surface area contributed by atoms with Gasteiger partial charge in [0.15, 0.2) is 4.80 Å². The van der Waals surface area contributed by atoms with Crippen LogP contribution in [0.3, 0.4) is 0 Å². The molecule has 1 aromatic heterocycles. The molecule has 35 heavy (non-hydrogen) atoms. The van der Waals surface area contributed by atoms with Crippen LogP contribution >= 0.6 is 22.9 Å². The van der Waals surface area contributed by atoms with Crippen molar-refractivity contribution in [3.05, 3.63) is 106 Å². The van der Waals surface area contributed by atoms with Gasteiger partial charge < -0.3 is 9.47 Å². The van der Waals surface area contributed by atoms with Crippen LogP contribution in [0.5, 0.6) is 0 Å². The first kappa shape index (κ1) is 24.5. The zero-order valence-corrected chi connectivity index (χ0v) is 20.3. The first-order valence-corrected chi connectivity index (χ1v) is 11.7. The predicted octanol–water partition coefficient (Wildman–Crippen LogP) is 2.99. The number of nitro groups is 1. The third-order valence-corrected chi connectivity index (χ3v) is 6.69. The number of aromatic nitrogens is 1. The number of benzene rings is 2. The molecule has 0 N–H and O–H groups in total. The second kappa shape index (κ2) is 10.3. The largest absolute Gasteiger partial charge is 0.460 e. The van der Waals surface area contributed by atoms with Crippen LogP contribution in [0.4, 0.5) is 5.69 Å². The zero-order valence-electron chi connectivity index (χ0n) is 18.8. The summed E-state index contributed by atoms with van der Waals surface area (Å²) in [7, 11) is 1.50. The van der Waals surface area contributed by atoms with E-state index in [2.05, 4.69) is 4.99 Å². The summed E-state index contributed by atoms with van der Waals surface area (Å²) in [5.41, 5.74) is 1.39. The second-order valence-corrected chi connectivity index (χ2v) is 9.00. The number of hydrogen-bond donors (Lipinski definition) is 0. The third kappa shape index (κ3) is 4.95. The van der Waals surface area contributed by atoms with Crippen LogP contribution in [0.1, 0.15) is 24.1 Å². The van der Waals surface area contributed by atoms with Gasteiger partial charge in [-0.3, -0.25) is 19.5 Å². The zero-order chi connectivity index (χ0) is 25.1. The Balaban J connectivity index is 1.87. The highest BCUT2D eigenvalue weighted by Crippen LogP contribution is 2.34. The Morgan fingerprint density at radius 3 is 2.60 bits per heavy atom. The Morgan fingerprint density at radius 2 is 1.94 bits per heavy atom. The van der Waals surface area contributed by atoms with E-state index < -0.39 is 16.9 Å². The number of fused-ring (bicyclic) bond motifs is 1. The van der Waals surface area contributed by atoms with Crippen molar-refractivity contribution in [3.8, 4) is 0 Å². The molecule has 0 radical (unpaired) electrons. The van der Waals surface area contributed by atoms with Crippen molar-refractivity contribution < 1.29 is 19.2 Å². The van der Waals surface area contributed by atoms with Crippen LogP contribution in [0, 0.1) is 10.1 Å². The van der Waals surface area contributed by atoms with Crippen molar-refractivity contribution in [3.63, 3.8) is 0 Å². The van der Waals surface area contributed by atoms with Crippen LogP contribution in [0.25, 0.3) is 6.08 Å².